The first-order chi connectivity index (χ1) is 13.9. The molecule has 0 aliphatic carbocycles. The molecule has 0 aromatic heterocycles. The number of rotatable bonds is 8. The van der Waals surface area contributed by atoms with E-state index in [1.165, 1.54) is 32.4 Å². The molecule has 0 radical (unpaired) electrons. The van der Waals surface area contributed by atoms with Crippen LogP contribution in [0.2, 0.25) is 0 Å². The number of nitrogens with zero attached hydrogens (tertiary/aromatic N) is 1. The van der Waals surface area contributed by atoms with E-state index in [-0.39, 0.29) is 17.1 Å². The Balaban J connectivity index is 2.27. The highest BCUT2D eigenvalue weighted by molar-refractivity contribution is 9.10. The molecule has 1 amide bonds. The van der Waals surface area contributed by atoms with E-state index in [1.54, 1.807) is 24.3 Å². The van der Waals surface area contributed by atoms with Crippen molar-refractivity contribution in [2.75, 3.05) is 26.1 Å². The van der Waals surface area contributed by atoms with E-state index in [9.17, 15) is 14.9 Å². The highest BCUT2D eigenvalue weighted by atomic mass is 79.9. The first kappa shape index (κ1) is 21.8. The summed E-state index contributed by atoms with van der Waals surface area (Å²) in [6.07, 6.45) is 1.38. The van der Waals surface area contributed by atoms with Crippen LogP contribution in [0.4, 0.5) is 5.69 Å². The number of benzene rings is 2. The lowest BCUT2D eigenvalue weighted by Gasteiger charge is -2.12. The largest absolute Gasteiger partial charge is 0.497 e. The Hall–Kier alpha value is -3.51. The fourth-order valence-corrected chi connectivity index (χ4v) is 2.69. The van der Waals surface area contributed by atoms with E-state index in [0.29, 0.717) is 21.5 Å². The molecule has 2 aromatic carbocycles. The number of methoxy groups -OCH3 is 2. The van der Waals surface area contributed by atoms with E-state index in [1.807, 2.05) is 6.07 Å². The first-order valence-electron chi connectivity index (χ1n) is 8.17. The number of carboxylic acids is 1. The molecule has 0 atom stereocenters. The van der Waals surface area contributed by atoms with Gasteiger partial charge in [-0.25, -0.2) is 4.79 Å². The Bertz CT molecular complexity index is 980. The molecule has 2 rings (SSSR count). The molecule has 0 heterocycles. The molecular formula is C20H17BrN2O6. The Morgan fingerprint density at radius 1 is 1.17 bits per heavy atom. The van der Waals surface area contributed by atoms with Crippen LogP contribution >= 0.6 is 15.9 Å². The second kappa shape index (κ2) is 10.1. The first-order valence-corrected chi connectivity index (χ1v) is 8.96. The van der Waals surface area contributed by atoms with Gasteiger partial charge in [-0.1, -0.05) is 15.9 Å². The van der Waals surface area contributed by atoms with Crippen LogP contribution in [0.1, 0.15) is 5.56 Å². The molecule has 0 aliphatic heterocycles. The van der Waals surface area contributed by atoms with Gasteiger partial charge in [-0.05, 0) is 48.0 Å². The monoisotopic (exact) mass is 460 g/mol. The number of aliphatic carboxylic acids is 1. The number of halogens is 1. The minimum atomic E-state index is -1.13. The lowest BCUT2D eigenvalue weighted by molar-refractivity contribution is -0.139. The smallest absolute Gasteiger partial charge is 0.341 e. The topological polar surface area (TPSA) is 118 Å². The molecule has 0 aliphatic rings. The van der Waals surface area contributed by atoms with Crippen molar-refractivity contribution in [1.29, 1.82) is 5.26 Å². The highest BCUT2D eigenvalue weighted by Gasteiger charge is 2.14. The summed E-state index contributed by atoms with van der Waals surface area (Å²) in [7, 11) is 2.93. The summed E-state index contributed by atoms with van der Waals surface area (Å²) < 4.78 is 15.9. The van der Waals surface area contributed by atoms with E-state index in [2.05, 4.69) is 21.2 Å². The minimum Gasteiger partial charge on any atom is -0.497 e. The third kappa shape index (κ3) is 5.99. The van der Waals surface area contributed by atoms with Crippen LogP contribution in [0, 0.1) is 11.3 Å². The fraction of sp³-hybridized carbons (Fsp3) is 0.150. The predicted molar refractivity (Wildman–Crippen MR) is 109 cm³/mol. The van der Waals surface area contributed by atoms with Crippen molar-refractivity contribution in [3.05, 3.63) is 52.0 Å². The third-order valence-corrected chi connectivity index (χ3v) is 4.33. The van der Waals surface area contributed by atoms with Crippen molar-refractivity contribution in [1.82, 2.24) is 0 Å². The second-order valence-corrected chi connectivity index (χ2v) is 6.41. The molecule has 0 fully saturated rings. The number of carboxylic acid groups (broad SMARTS) is 1. The van der Waals surface area contributed by atoms with Gasteiger partial charge < -0.3 is 24.6 Å². The number of anilines is 1. The van der Waals surface area contributed by atoms with E-state index in [4.69, 9.17) is 19.3 Å². The third-order valence-electron chi connectivity index (χ3n) is 3.65. The summed E-state index contributed by atoms with van der Waals surface area (Å²) in [4.78, 5) is 23.1. The van der Waals surface area contributed by atoms with Gasteiger partial charge in [-0.15, -0.1) is 0 Å². The molecule has 29 heavy (non-hydrogen) atoms. The number of hydrogen-bond acceptors (Lipinski definition) is 6. The molecule has 0 unspecified atom stereocenters. The zero-order valence-electron chi connectivity index (χ0n) is 15.6. The Morgan fingerprint density at radius 2 is 1.86 bits per heavy atom. The summed E-state index contributed by atoms with van der Waals surface area (Å²) >= 11 is 3.32. The quantitative estimate of drug-likeness (QED) is 0.457. The molecule has 8 nitrogen and oxygen atoms in total. The number of nitrogens with one attached hydrogen (secondary N) is 1. The maximum Gasteiger partial charge on any atom is 0.341 e. The zero-order valence-corrected chi connectivity index (χ0v) is 17.1. The number of carbonyl (C=O) groups excluding carboxylic acids is 1. The average molecular weight is 461 g/mol. The van der Waals surface area contributed by atoms with Gasteiger partial charge in [-0.2, -0.15) is 5.26 Å². The average Bonchev–Trinajstić information content (AvgIpc) is 2.71. The van der Waals surface area contributed by atoms with Crippen molar-refractivity contribution >= 4 is 39.6 Å². The number of amides is 1. The van der Waals surface area contributed by atoms with Crippen LogP contribution in [0.15, 0.2) is 46.4 Å². The fourth-order valence-electron chi connectivity index (χ4n) is 2.25. The highest BCUT2D eigenvalue weighted by Crippen LogP contribution is 2.34. The molecule has 150 valence electrons. The zero-order chi connectivity index (χ0) is 21.4. The second-order valence-electron chi connectivity index (χ2n) is 5.56. The SMILES string of the molecule is COc1ccc(NC(=O)C(C#N)=Cc2cc(OC)c(OCC(=O)O)cc2Br)cc1. The predicted octanol–water partition coefficient (Wildman–Crippen LogP) is 3.48. The maximum absolute atomic E-state index is 12.4. The Kier molecular flexibility index (Phi) is 7.62. The molecule has 9 heteroatoms. The Morgan fingerprint density at radius 3 is 2.41 bits per heavy atom. The summed E-state index contributed by atoms with van der Waals surface area (Å²) in [5, 5.41) is 20.8. The molecule has 0 spiro atoms. The van der Waals surface area contributed by atoms with E-state index in [0.717, 1.165) is 0 Å². The standard InChI is InChI=1S/C20H17BrN2O6/c1-27-15-5-3-14(4-6-15)23-20(26)13(10-22)7-12-8-17(28-2)18(9-16(12)21)29-11-19(24)25/h3-9H,11H2,1-2H3,(H,23,26)(H,24,25). The van der Waals surface area contributed by atoms with Crippen LogP contribution in [-0.4, -0.2) is 37.8 Å². The summed E-state index contributed by atoms with van der Waals surface area (Å²) in [6.45, 7) is -0.536. The van der Waals surface area contributed by atoms with Crippen molar-refractivity contribution in [3.8, 4) is 23.3 Å². The minimum absolute atomic E-state index is 0.136. The van der Waals surface area contributed by atoms with Crippen molar-refractivity contribution in [2.45, 2.75) is 0 Å². The normalized spacial score (nSPS) is 10.6. The van der Waals surface area contributed by atoms with E-state index >= 15 is 0 Å². The van der Waals surface area contributed by atoms with Crippen molar-refractivity contribution in [2.24, 2.45) is 0 Å². The Labute approximate surface area is 175 Å². The van der Waals surface area contributed by atoms with Crippen molar-refractivity contribution in [3.63, 3.8) is 0 Å². The maximum atomic E-state index is 12.4. The number of nitriles is 1. The van der Waals surface area contributed by atoms with Crippen LogP contribution in [0.3, 0.4) is 0 Å². The lowest BCUT2D eigenvalue weighted by atomic mass is 10.1. The number of carbonyl (C=O) groups is 2. The molecule has 0 saturated carbocycles. The lowest BCUT2D eigenvalue weighted by Crippen LogP contribution is -2.13. The van der Waals surface area contributed by atoms with Gasteiger partial charge in [0.25, 0.3) is 5.91 Å². The number of hydrogen-bond donors (Lipinski definition) is 2. The summed E-state index contributed by atoms with van der Waals surface area (Å²) in [5.74, 6) is -0.613. The summed E-state index contributed by atoms with van der Waals surface area (Å²) in [6, 6.07) is 11.6. The molecular weight excluding hydrogens is 444 g/mol. The van der Waals surface area contributed by atoms with Gasteiger partial charge in [-0.3, -0.25) is 4.79 Å². The van der Waals surface area contributed by atoms with Gasteiger partial charge in [0.15, 0.2) is 18.1 Å². The van der Waals surface area contributed by atoms with Gasteiger partial charge in [0.05, 0.1) is 14.2 Å². The van der Waals surface area contributed by atoms with Crippen molar-refractivity contribution < 1.29 is 28.9 Å². The van der Waals surface area contributed by atoms with Gasteiger partial charge in [0, 0.05) is 10.2 Å². The van der Waals surface area contributed by atoms with Crippen LogP contribution in [0.5, 0.6) is 17.2 Å². The van der Waals surface area contributed by atoms with Gasteiger partial charge >= 0.3 is 5.97 Å². The van der Waals surface area contributed by atoms with E-state index < -0.39 is 18.5 Å². The number of ether oxygens (including phenoxy) is 3. The molecule has 0 saturated heterocycles. The molecule has 2 aromatic rings. The van der Waals surface area contributed by atoms with Gasteiger partial charge in [0.2, 0.25) is 0 Å². The molecule has 2 N–H and O–H groups in total. The molecule has 0 bridgehead atoms. The van der Waals surface area contributed by atoms with Gasteiger partial charge in [0.1, 0.15) is 17.4 Å². The van der Waals surface area contributed by atoms with Crippen LogP contribution in [-0.2, 0) is 9.59 Å². The van der Waals surface area contributed by atoms with Crippen LogP contribution in [0.25, 0.3) is 6.08 Å². The van der Waals surface area contributed by atoms with Crippen LogP contribution < -0.4 is 19.5 Å². The summed E-state index contributed by atoms with van der Waals surface area (Å²) in [5.41, 5.74) is 0.847.